The minimum atomic E-state index is -0.116. The van der Waals surface area contributed by atoms with E-state index in [1.165, 1.54) is 0 Å². The van der Waals surface area contributed by atoms with E-state index in [2.05, 4.69) is 37.3 Å². The minimum absolute atomic E-state index is 0.116. The van der Waals surface area contributed by atoms with Gasteiger partial charge < -0.3 is 0 Å². The van der Waals surface area contributed by atoms with Crippen molar-refractivity contribution in [2.75, 3.05) is 0 Å². The van der Waals surface area contributed by atoms with Crippen LogP contribution in [0.5, 0.6) is 0 Å². The SMILES string of the molecule is CC/C=C/C/C=C(\C)C(CCC)N=O. The molecule has 0 saturated heterocycles. The summed E-state index contributed by atoms with van der Waals surface area (Å²) in [5, 5.41) is 3.13. The van der Waals surface area contributed by atoms with Gasteiger partial charge in [0.15, 0.2) is 0 Å². The maximum atomic E-state index is 10.5. The van der Waals surface area contributed by atoms with Gasteiger partial charge >= 0.3 is 0 Å². The minimum Gasteiger partial charge on any atom is -0.150 e. The summed E-state index contributed by atoms with van der Waals surface area (Å²) in [6.07, 6.45) is 10.2. The fourth-order valence-electron chi connectivity index (χ4n) is 1.29. The fraction of sp³-hybridized carbons (Fsp3) is 0.667. The van der Waals surface area contributed by atoms with E-state index >= 15 is 0 Å². The summed E-state index contributed by atoms with van der Waals surface area (Å²) < 4.78 is 0. The van der Waals surface area contributed by atoms with E-state index < -0.39 is 0 Å². The molecule has 0 aromatic rings. The molecule has 0 fully saturated rings. The lowest BCUT2D eigenvalue weighted by Gasteiger charge is -2.07. The highest BCUT2D eigenvalue weighted by atomic mass is 16.3. The third kappa shape index (κ3) is 5.68. The lowest BCUT2D eigenvalue weighted by atomic mass is 10.0. The van der Waals surface area contributed by atoms with Gasteiger partial charge in [-0.2, -0.15) is 4.91 Å². The van der Waals surface area contributed by atoms with Crippen LogP contribution in [0.15, 0.2) is 29.0 Å². The van der Waals surface area contributed by atoms with E-state index in [0.717, 1.165) is 31.3 Å². The molecule has 1 unspecified atom stereocenters. The van der Waals surface area contributed by atoms with Crippen LogP contribution in [0.1, 0.15) is 46.5 Å². The fourth-order valence-corrected chi connectivity index (χ4v) is 1.29. The van der Waals surface area contributed by atoms with Gasteiger partial charge in [-0.25, -0.2) is 0 Å². The molecule has 0 aliphatic carbocycles. The van der Waals surface area contributed by atoms with Crippen molar-refractivity contribution in [1.29, 1.82) is 0 Å². The van der Waals surface area contributed by atoms with Gasteiger partial charge in [-0.15, -0.1) is 0 Å². The van der Waals surface area contributed by atoms with E-state index in [4.69, 9.17) is 0 Å². The maximum absolute atomic E-state index is 10.5. The van der Waals surface area contributed by atoms with Crippen molar-refractivity contribution in [2.24, 2.45) is 5.18 Å². The summed E-state index contributed by atoms with van der Waals surface area (Å²) in [5.41, 5.74) is 1.10. The molecule has 14 heavy (non-hydrogen) atoms. The molecule has 0 saturated carbocycles. The molecule has 0 rings (SSSR count). The monoisotopic (exact) mass is 195 g/mol. The van der Waals surface area contributed by atoms with Crippen molar-refractivity contribution in [2.45, 2.75) is 52.5 Å². The summed E-state index contributed by atoms with van der Waals surface area (Å²) in [7, 11) is 0. The van der Waals surface area contributed by atoms with Crippen LogP contribution in [0.3, 0.4) is 0 Å². The third-order valence-electron chi connectivity index (χ3n) is 2.19. The van der Waals surface area contributed by atoms with Crippen LogP contribution in [0, 0.1) is 4.91 Å². The van der Waals surface area contributed by atoms with Crippen LogP contribution < -0.4 is 0 Å². The number of allylic oxidation sites excluding steroid dienone is 3. The van der Waals surface area contributed by atoms with Crippen LogP contribution in [0.2, 0.25) is 0 Å². The Kier molecular flexibility index (Phi) is 8.10. The van der Waals surface area contributed by atoms with Crippen molar-refractivity contribution < 1.29 is 0 Å². The maximum Gasteiger partial charge on any atom is 0.113 e. The van der Waals surface area contributed by atoms with Crippen molar-refractivity contribution in [1.82, 2.24) is 0 Å². The molecule has 0 aromatic heterocycles. The zero-order valence-electron chi connectivity index (χ0n) is 9.49. The Bertz CT molecular complexity index is 206. The first-order chi connectivity index (χ1) is 6.76. The molecule has 1 atom stereocenters. The van der Waals surface area contributed by atoms with Crippen molar-refractivity contribution >= 4 is 0 Å². The summed E-state index contributed by atoms with van der Waals surface area (Å²) in [6.45, 7) is 6.17. The predicted octanol–water partition coefficient (Wildman–Crippen LogP) is 4.22. The van der Waals surface area contributed by atoms with E-state index in [9.17, 15) is 4.91 Å². The smallest absolute Gasteiger partial charge is 0.113 e. The normalized spacial score (nSPS) is 14.6. The van der Waals surface area contributed by atoms with E-state index in [-0.39, 0.29) is 6.04 Å². The van der Waals surface area contributed by atoms with Crippen LogP contribution in [-0.4, -0.2) is 6.04 Å². The standard InChI is InChI=1S/C12H21NO/c1-4-6-7-8-10-11(3)12(13-14)9-5-2/h6-7,10,12H,4-5,8-9H2,1-3H3/b7-6+,11-10+. The Hall–Kier alpha value is -0.920. The number of hydrogen-bond donors (Lipinski definition) is 0. The second-order valence-corrected chi connectivity index (χ2v) is 3.47. The first-order valence-corrected chi connectivity index (χ1v) is 5.40. The first kappa shape index (κ1) is 13.1. The zero-order chi connectivity index (χ0) is 10.8. The molecule has 2 nitrogen and oxygen atoms in total. The molecule has 0 bridgehead atoms. The zero-order valence-corrected chi connectivity index (χ0v) is 9.49. The Morgan fingerprint density at radius 1 is 1.36 bits per heavy atom. The Morgan fingerprint density at radius 3 is 2.57 bits per heavy atom. The molecule has 0 radical (unpaired) electrons. The van der Waals surface area contributed by atoms with Crippen LogP contribution >= 0.6 is 0 Å². The molecule has 0 aliphatic heterocycles. The summed E-state index contributed by atoms with van der Waals surface area (Å²) in [4.78, 5) is 10.5. The van der Waals surface area contributed by atoms with E-state index in [0.29, 0.717) is 0 Å². The molecule has 0 heterocycles. The summed E-state index contributed by atoms with van der Waals surface area (Å²) >= 11 is 0. The van der Waals surface area contributed by atoms with Crippen molar-refractivity contribution in [3.8, 4) is 0 Å². The van der Waals surface area contributed by atoms with Gasteiger partial charge in [0.25, 0.3) is 0 Å². The van der Waals surface area contributed by atoms with Gasteiger partial charge in [0.05, 0.1) is 0 Å². The molecule has 2 heteroatoms. The van der Waals surface area contributed by atoms with Gasteiger partial charge in [-0.05, 0) is 31.8 Å². The second kappa shape index (κ2) is 8.67. The Labute approximate surface area is 87.1 Å². The van der Waals surface area contributed by atoms with Crippen LogP contribution in [-0.2, 0) is 0 Å². The number of rotatable bonds is 7. The highest BCUT2D eigenvalue weighted by Gasteiger charge is 2.08. The van der Waals surface area contributed by atoms with Gasteiger partial charge in [-0.3, -0.25) is 0 Å². The number of nitrogens with zero attached hydrogens (tertiary/aromatic N) is 1. The highest BCUT2D eigenvalue weighted by Crippen LogP contribution is 2.12. The predicted molar refractivity (Wildman–Crippen MR) is 62.3 cm³/mol. The molecule has 0 aromatic carbocycles. The van der Waals surface area contributed by atoms with E-state index in [1.54, 1.807) is 0 Å². The van der Waals surface area contributed by atoms with Gasteiger partial charge in [-0.1, -0.05) is 43.7 Å². The lowest BCUT2D eigenvalue weighted by molar-refractivity contribution is 0.669. The first-order valence-electron chi connectivity index (χ1n) is 5.40. The molecule has 80 valence electrons. The average molecular weight is 195 g/mol. The molecule has 0 spiro atoms. The van der Waals surface area contributed by atoms with E-state index in [1.807, 2.05) is 6.92 Å². The van der Waals surface area contributed by atoms with Crippen LogP contribution in [0.25, 0.3) is 0 Å². The Morgan fingerprint density at radius 2 is 2.07 bits per heavy atom. The largest absolute Gasteiger partial charge is 0.150 e. The van der Waals surface area contributed by atoms with Gasteiger partial charge in [0.2, 0.25) is 0 Å². The third-order valence-corrected chi connectivity index (χ3v) is 2.19. The molecular formula is C12H21NO. The average Bonchev–Trinajstić information content (AvgIpc) is 2.20. The topological polar surface area (TPSA) is 29.4 Å². The molecule has 0 N–H and O–H groups in total. The Balaban J connectivity index is 4.05. The highest BCUT2D eigenvalue weighted by molar-refractivity contribution is 5.09. The van der Waals surface area contributed by atoms with Crippen LogP contribution in [0.4, 0.5) is 0 Å². The molecule has 0 aliphatic rings. The number of nitroso groups, excluding NO2 is 1. The van der Waals surface area contributed by atoms with Crippen molar-refractivity contribution in [3.63, 3.8) is 0 Å². The summed E-state index contributed by atoms with van der Waals surface area (Å²) in [5.74, 6) is 0. The molecular weight excluding hydrogens is 174 g/mol. The van der Waals surface area contributed by atoms with Gasteiger partial charge in [0.1, 0.15) is 6.04 Å². The van der Waals surface area contributed by atoms with Gasteiger partial charge in [0, 0.05) is 0 Å². The number of hydrogen-bond acceptors (Lipinski definition) is 2. The summed E-state index contributed by atoms with van der Waals surface area (Å²) in [6, 6.07) is -0.116. The lowest BCUT2D eigenvalue weighted by Crippen LogP contribution is -2.04. The second-order valence-electron chi connectivity index (χ2n) is 3.47. The quantitative estimate of drug-likeness (QED) is 0.441. The molecule has 0 amide bonds. The van der Waals surface area contributed by atoms with Crippen molar-refractivity contribution in [3.05, 3.63) is 28.7 Å².